The third-order valence-corrected chi connectivity index (χ3v) is 4.34. The Morgan fingerprint density at radius 2 is 1.67 bits per heavy atom. The van der Waals surface area contributed by atoms with Gasteiger partial charge in [0, 0.05) is 16.2 Å². The van der Waals surface area contributed by atoms with Crippen molar-refractivity contribution in [3.05, 3.63) is 70.9 Å². The van der Waals surface area contributed by atoms with Gasteiger partial charge in [-0.3, -0.25) is 0 Å². The van der Waals surface area contributed by atoms with Crippen molar-refractivity contribution >= 4 is 11.3 Å². The fourth-order valence-electron chi connectivity index (χ4n) is 2.12. The maximum absolute atomic E-state index is 13.0. The fraction of sp³-hybridized carbons (Fsp3) is 0.0588. The maximum Gasteiger partial charge on any atom is 0.164 e. The number of thiophene rings is 1. The molecule has 0 radical (unpaired) electrons. The van der Waals surface area contributed by atoms with Crippen LogP contribution >= 0.6 is 11.3 Å². The van der Waals surface area contributed by atoms with E-state index in [-0.39, 0.29) is 11.5 Å². The monoisotopic (exact) mass is 300 g/mol. The average Bonchev–Trinajstić information content (AvgIpc) is 2.92. The molecule has 0 aliphatic carbocycles. The van der Waals surface area contributed by atoms with E-state index >= 15 is 0 Å². The largest absolute Gasteiger partial charge is 0.508 e. The first-order valence-corrected chi connectivity index (χ1v) is 7.29. The van der Waals surface area contributed by atoms with Gasteiger partial charge in [0.15, 0.2) is 11.6 Å². The van der Waals surface area contributed by atoms with Gasteiger partial charge in [0.25, 0.3) is 0 Å². The minimum atomic E-state index is -0.602. The maximum atomic E-state index is 13.0. The van der Waals surface area contributed by atoms with Gasteiger partial charge in [-0.25, -0.2) is 4.39 Å². The predicted molar refractivity (Wildman–Crippen MR) is 82.3 cm³/mol. The quantitative estimate of drug-likeness (QED) is 0.744. The van der Waals surface area contributed by atoms with Crippen molar-refractivity contribution in [1.29, 1.82) is 0 Å². The highest BCUT2D eigenvalue weighted by Gasteiger charge is 2.06. The fourth-order valence-corrected chi connectivity index (χ4v) is 3.17. The van der Waals surface area contributed by atoms with E-state index < -0.39 is 5.82 Å². The minimum absolute atomic E-state index is 0.248. The Labute approximate surface area is 125 Å². The van der Waals surface area contributed by atoms with Crippen LogP contribution in [0.5, 0.6) is 11.5 Å². The van der Waals surface area contributed by atoms with Crippen molar-refractivity contribution in [1.82, 2.24) is 0 Å². The topological polar surface area (TPSA) is 40.5 Å². The van der Waals surface area contributed by atoms with Crippen molar-refractivity contribution in [3.63, 3.8) is 0 Å². The summed E-state index contributed by atoms with van der Waals surface area (Å²) < 4.78 is 13.0. The third kappa shape index (κ3) is 3.06. The molecule has 2 N–H and O–H groups in total. The lowest BCUT2D eigenvalue weighted by atomic mass is 10.1. The van der Waals surface area contributed by atoms with Gasteiger partial charge < -0.3 is 10.2 Å². The molecule has 0 aliphatic rings. The zero-order valence-electron chi connectivity index (χ0n) is 11.1. The summed E-state index contributed by atoms with van der Waals surface area (Å²) in [5, 5.41) is 18.7. The number of halogens is 1. The van der Waals surface area contributed by atoms with E-state index in [1.807, 2.05) is 24.3 Å². The number of rotatable bonds is 3. The SMILES string of the molecule is Oc1ccc(-c2ccc(Cc3ccc(F)c(O)c3)s2)cc1. The molecule has 3 aromatic rings. The molecule has 0 unspecified atom stereocenters. The van der Waals surface area contributed by atoms with E-state index in [9.17, 15) is 14.6 Å². The normalized spacial score (nSPS) is 10.7. The molecule has 4 heteroatoms. The molecule has 1 heterocycles. The van der Waals surface area contributed by atoms with Gasteiger partial charge in [-0.2, -0.15) is 0 Å². The molecule has 0 spiro atoms. The average molecular weight is 300 g/mol. The molecular formula is C17H13FO2S. The summed E-state index contributed by atoms with van der Waals surface area (Å²) in [5.74, 6) is -0.671. The molecule has 2 aromatic carbocycles. The molecule has 3 rings (SSSR count). The second-order valence-corrected chi connectivity index (χ2v) is 5.94. The van der Waals surface area contributed by atoms with Crippen molar-refractivity contribution in [3.8, 4) is 21.9 Å². The first-order chi connectivity index (χ1) is 10.1. The van der Waals surface area contributed by atoms with Gasteiger partial charge in [-0.15, -0.1) is 11.3 Å². The number of hydrogen-bond donors (Lipinski definition) is 2. The Balaban J connectivity index is 1.81. The second kappa shape index (κ2) is 5.58. The Morgan fingerprint density at radius 1 is 0.905 bits per heavy atom. The van der Waals surface area contributed by atoms with Crippen LogP contribution in [0.1, 0.15) is 10.4 Å². The van der Waals surface area contributed by atoms with E-state index in [2.05, 4.69) is 0 Å². The van der Waals surface area contributed by atoms with Gasteiger partial charge >= 0.3 is 0 Å². The first-order valence-electron chi connectivity index (χ1n) is 6.47. The number of phenols is 2. The highest BCUT2D eigenvalue weighted by atomic mass is 32.1. The van der Waals surface area contributed by atoms with Crippen LogP contribution in [0.15, 0.2) is 54.6 Å². The highest BCUT2D eigenvalue weighted by Crippen LogP contribution is 2.31. The first kappa shape index (κ1) is 13.6. The summed E-state index contributed by atoms with van der Waals surface area (Å²) in [6.07, 6.45) is 0.649. The Kier molecular flexibility index (Phi) is 3.62. The Morgan fingerprint density at radius 3 is 2.38 bits per heavy atom. The number of benzene rings is 2. The number of aromatic hydroxyl groups is 2. The molecule has 21 heavy (non-hydrogen) atoms. The van der Waals surface area contributed by atoms with Crippen LogP contribution in [-0.2, 0) is 6.42 Å². The van der Waals surface area contributed by atoms with Crippen LogP contribution in [0.25, 0.3) is 10.4 Å². The van der Waals surface area contributed by atoms with E-state index in [4.69, 9.17) is 0 Å². The van der Waals surface area contributed by atoms with Crippen LogP contribution in [0.3, 0.4) is 0 Å². The van der Waals surface area contributed by atoms with Crippen LogP contribution in [0.2, 0.25) is 0 Å². The standard InChI is InChI=1S/C17H13FO2S/c18-15-7-1-11(10-16(15)20)9-14-6-8-17(21-14)12-2-4-13(19)5-3-12/h1-8,10,19-20H,9H2. The smallest absolute Gasteiger partial charge is 0.164 e. The van der Waals surface area contributed by atoms with Crippen molar-refractivity contribution in [2.75, 3.05) is 0 Å². The number of phenolic OH excluding ortho intramolecular Hbond substituents is 2. The number of hydrogen-bond acceptors (Lipinski definition) is 3. The summed E-state index contributed by atoms with van der Waals surface area (Å²) in [7, 11) is 0. The molecule has 0 amide bonds. The molecule has 106 valence electrons. The van der Waals surface area contributed by atoms with Gasteiger partial charge in [-0.05, 0) is 59.7 Å². The van der Waals surface area contributed by atoms with E-state index in [0.717, 1.165) is 20.9 Å². The molecule has 2 nitrogen and oxygen atoms in total. The van der Waals surface area contributed by atoms with Crippen LogP contribution in [0.4, 0.5) is 4.39 Å². The predicted octanol–water partition coefficient (Wildman–Crippen LogP) is 4.56. The molecular weight excluding hydrogens is 287 g/mol. The lowest BCUT2D eigenvalue weighted by Gasteiger charge is -2.01. The zero-order valence-corrected chi connectivity index (χ0v) is 11.9. The highest BCUT2D eigenvalue weighted by molar-refractivity contribution is 7.15. The minimum Gasteiger partial charge on any atom is -0.508 e. The Bertz CT molecular complexity index is 763. The lowest BCUT2D eigenvalue weighted by Crippen LogP contribution is -1.85. The van der Waals surface area contributed by atoms with Crippen LogP contribution < -0.4 is 0 Å². The van der Waals surface area contributed by atoms with Crippen molar-refractivity contribution in [2.24, 2.45) is 0 Å². The molecule has 0 aliphatic heterocycles. The molecule has 0 saturated carbocycles. The summed E-state index contributed by atoms with van der Waals surface area (Å²) in [6.45, 7) is 0. The lowest BCUT2D eigenvalue weighted by molar-refractivity contribution is 0.432. The van der Waals surface area contributed by atoms with E-state index in [0.29, 0.717) is 6.42 Å². The second-order valence-electron chi connectivity index (χ2n) is 4.78. The molecule has 0 bridgehead atoms. The Hall–Kier alpha value is -2.33. The summed E-state index contributed by atoms with van der Waals surface area (Å²) in [6, 6.07) is 15.5. The third-order valence-electron chi connectivity index (χ3n) is 3.20. The molecule has 0 atom stereocenters. The molecule has 1 aromatic heterocycles. The van der Waals surface area contributed by atoms with Gasteiger partial charge in [0.2, 0.25) is 0 Å². The summed E-state index contributed by atoms with van der Waals surface area (Å²) >= 11 is 1.64. The summed E-state index contributed by atoms with van der Waals surface area (Å²) in [5.41, 5.74) is 1.92. The van der Waals surface area contributed by atoms with E-state index in [1.54, 1.807) is 29.5 Å². The molecule has 0 saturated heterocycles. The van der Waals surface area contributed by atoms with Gasteiger partial charge in [0.05, 0.1) is 0 Å². The van der Waals surface area contributed by atoms with Crippen molar-refractivity contribution < 1.29 is 14.6 Å². The van der Waals surface area contributed by atoms with Crippen molar-refractivity contribution in [2.45, 2.75) is 6.42 Å². The van der Waals surface area contributed by atoms with Gasteiger partial charge in [0.1, 0.15) is 5.75 Å². The van der Waals surface area contributed by atoms with E-state index in [1.165, 1.54) is 12.1 Å². The molecule has 0 fully saturated rings. The van der Waals surface area contributed by atoms with Gasteiger partial charge in [-0.1, -0.05) is 6.07 Å². The van der Waals surface area contributed by atoms with Crippen LogP contribution in [-0.4, -0.2) is 10.2 Å². The summed E-state index contributed by atoms with van der Waals surface area (Å²) in [4.78, 5) is 2.24. The zero-order chi connectivity index (χ0) is 14.8. The van der Waals surface area contributed by atoms with Crippen LogP contribution in [0, 0.1) is 5.82 Å².